The smallest absolute Gasteiger partial charge is 0.407 e. The Hall–Kier alpha value is -1.58. The number of carbonyl (C=O) groups is 1. The van der Waals surface area contributed by atoms with Crippen molar-refractivity contribution in [3.8, 4) is 0 Å². The molecule has 4 heteroatoms. The summed E-state index contributed by atoms with van der Waals surface area (Å²) in [6.07, 6.45) is -0.262. The number of halogens is 1. The second-order valence-corrected chi connectivity index (χ2v) is 6.08. The van der Waals surface area contributed by atoms with Gasteiger partial charge in [-0.3, -0.25) is 0 Å². The predicted octanol–water partition coefficient (Wildman–Crippen LogP) is 3.46. The van der Waals surface area contributed by atoms with Gasteiger partial charge < -0.3 is 10.1 Å². The van der Waals surface area contributed by atoms with Crippen molar-refractivity contribution in [2.24, 2.45) is 0 Å². The maximum atomic E-state index is 14.7. The molecule has 1 aromatic carbocycles. The van der Waals surface area contributed by atoms with E-state index in [1.165, 1.54) is 0 Å². The van der Waals surface area contributed by atoms with Gasteiger partial charge in [0.15, 0.2) is 5.67 Å². The topological polar surface area (TPSA) is 38.3 Å². The van der Waals surface area contributed by atoms with E-state index in [-0.39, 0.29) is 0 Å². The van der Waals surface area contributed by atoms with Gasteiger partial charge in [0.25, 0.3) is 0 Å². The highest BCUT2D eigenvalue weighted by Crippen LogP contribution is 2.50. The van der Waals surface area contributed by atoms with Crippen LogP contribution in [0.4, 0.5) is 9.18 Å². The van der Waals surface area contributed by atoms with Gasteiger partial charge in [-0.2, -0.15) is 0 Å². The molecule has 1 aromatic rings. The molecule has 1 N–H and O–H groups in total. The van der Waals surface area contributed by atoms with Crippen LogP contribution >= 0.6 is 0 Å². The van der Waals surface area contributed by atoms with Crippen molar-refractivity contribution in [3.63, 3.8) is 0 Å². The minimum absolute atomic E-state index is 0.303. The van der Waals surface area contributed by atoms with E-state index >= 15 is 0 Å². The van der Waals surface area contributed by atoms with Crippen LogP contribution in [0.15, 0.2) is 24.3 Å². The predicted molar refractivity (Wildman–Crippen MR) is 71.7 cm³/mol. The van der Waals surface area contributed by atoms with Crippen LogP contribution in [0.25, 0.3) is 0 Å². The van der Waals surface area contributed by atoms with Gasteiger partial charge >= 0.3 is 6.09 Å². The Morgan fingerprint density at radius 1 is 1.42 bits per heavy atom. The maximum absolute atomic E-state index is 14.7. The van der Waals surface area contributed by atoms with Gasteiger partial charge in [-0.25, -0.2) is 9.18 Å². The molecule has 0 bridgehead atoms. The lowest BCUT2D eigenvalue weighted by molar-refractivity contribution is 0.0510. The van der Waals surface area contributed by atoms with Crippen molar-refractivity contribution in [1.82, 2.24) is 5.32 Å². The number of rotatable bonds is 2. The first-order chi connectivity index (χ1) is 8.72. The lowest BCUT2D eigenvalue weighted by Gasteiger charge is -2.20. The van der Waals surface area contributed by atoms with Gasteiger partial charge in [0.05, 0.1) is 6.04 Å². The lowest BCUT2D eigenvalue weighted by atomic mass is 10.0. The largest absolute Gasteiger partial charge is 0.444 e. The summed E-state index contributed by atoms with van der Waals surface area (Å²) in [5.74, 6) is 0. The van der Waals surface area contributed by atoms with Crippen LogP contribution < -0.4 is 5.32 Å². The molecule has 19 heavy (non-hydrogen) atoms. The summed E-state index contributed by atoms with van der Waals surface area (Å²) >= 11 is 0. The SMILES string of the molecule is Cc1ccccc1[C@@]1(F)C[C@@H]1NC(=O)OC(C)(C)C. The summed E-state index contributed by atoms with van der Waals surface area (Å²) in [6, 6.07) is 6.84. The number of aryl methyl sites for hydroxylation is 1. The molecule has 1 saturated carbocycles. The average Bonchev–Trinajstić information content (AvgIpc) is 2.87. The number of hydrogen-bond donors (Lipinski definition) is 1. The van der Waals surface area contributed by atoms with Gasteiger partial charge in [0, 0.05) is 6.42 Å². The Bertz CT molecular complexity index is 495. The van der Waals surface area contributed by atoms with Crippen LogP contribution in [0.5, 0.6) is 0 Å². The number of amides is 1. The zero-order valence-corrected chi connectivity index (χ0v) is 11.8. The fourth-order valence-electron chi connectivity index (χ4n) is 2.19. The molecule has 2 atom stereocenters. The zero-order chi connectivity index (χ0) is 14.3. The maximum Gasteiger partial charge on any atom is 0.407 e. The van der Waals surface area contributed by atoms with E-state index in [2.05, 4.69) is 5.32 Å². The summed E-state index contributed by atoms with van der Waals surface area (Å²) in [6.45, 7) is 7.22. The Balaban J connectivity index is 2.00. The third kappa shape index (κ3) is 3.06. The zero-order valence-electron chi connectivity index (χ0n) is 11.8. The Morgan fingerprint density at radius 2 is 2.05 bits per heavy atom. The van der Waals surface area contributed by atoms with E-state index in [1.54, 1.807) is 26.8 Å². The third-order valence-corrected chi connectivity index (χ3v) is 3.18. The molecule has 0 radical (unpaired) electrons. The summed E-state index contributed by atoms with van der Waals surface area (Å²) in [4.78, 5) is 11.6. The molecule has 104 valence electrons. The van der Waals surface area contributed by atoms with Crippen LogP contribution in [-0.2, 0) is 10.4 Å². The van der Waals surface area contributed by atoms with E-state index in [1.807, 2.05) is 25.1 Å². The molecule has 0 aliphatic heterocycles. The first kappa shape index (κ1) is 13.8. The standard InChI is InChI=1S/C15H20FNO2/c1-10-7-5-6-8-11(10)15(16)9-12(15)17-13(18)19-14(2,3)4/h5-8,12H,9H2,1-4H3,(H,17,18)/t12-,15-/m0/s1. The lowest BCUT2D eigenvalue weighted by Crippen LogP contribution is -2.35. The van der Waals surface area contributed by atoms with Crippen molar-refractivity contribution < 1.29 is 13.9 Å². The van der Waals surface area contributed by atoms with Crippen molar-refractivity contribution in [2.45, 2.75) is 51.4 Å². The van der Waals surface area contributed by atoms with E-state index in [0.717, 1.165) is 5.56 Å². The van der Waals surface area contributed by atoms with E-state index in [4.69, 9.17) is 4.74 Å². The Kier molecular flexibility index (Phi) is 3.29. The molecular formula is C15H20FNO2. The van der Waals surface area contributed by atoms with Gasteiger partial charge in [-0.1, -0.05) is 24.3 Å². The summed E-state index contributed by atoms with van der Waals surface area (Å²) < 4.78 is 19.8. The molecule has 1 aliphatic rings. The number of hydrogen-bond acceptors (Lipinski definition) is 2. The van der Waals surface area contributed by atoms with Gasteiger partial charge in [-0.05, 0) is 38.8 Å². The fourth-order valence-corrected chi connectivity index (χ4v) is 2.19. The van der Waals surface area contributed by atoms with E-state index in [9.17, 15) is 9.18 Å². The molecule has 3 nitrogen and oxygen atoms in total. The molecule has 1 fully saturated rings. The van der Waals surface area contributed by atoms with Gasteiger partial charge in [0.2, 0.25) is 0 Å². The summed E-state index contributed by atoms with van der Waals surface area (Å²) in [5, 5.41) is 2.59. The van der Waals surface area contributed by atoms with E-state index < -0.39 is 23.4 Å². The quantitative estimate of drug-likeness (QED) is 0.889. The van der Waals surface area contributed by atoms with Crippen LogP contribution in [0.3, 0.4) is 0 Å². The number of alkyl carbamates (subject to hydrolysis) is 1. The first-order valence-corrected chi connectivity index (χ1v) is 6.47. The Morgan fingerprint density at radius 3 is 2.63 bits per heavy atom. The van der Waals surface area contributed by atoms with Crippen molar-refractivity contribution in [2.75, 3.05) is 0 Å². The van der Waals surface area contributed by atoms with Crippen LogP contribution in [0.1, 0.15) is 38.3 Å². The van der Waals surface area contributed by atoms with Crippen LogP contribution in [0, 0.1) is 6.92 Å². The second kappa shape index (κ2) is 4.51. The number of alkyl halides is 1. The molecular weight excluding hydrogens is 245 g/mol. The fraction of sp³-hybridized carbons (Fsp3) is 0.533. The highest BCUT2D eigenvalue weighted by molar-refractivity contribution is 5.69. The highest BCUT2D eigenvalue weighted by atomic mass is 19.1. The molecule has 0 spiro atoms. The number of benzene rings is 1. The van der Waals surface area contributed by atoms with Crippen LogP contribution in [0.2, 0.25) is 0 Å². The Labute approximate surface area is 113 Å². The molecule has 1 amide bonds. The first-order valence-electron chi connectivity index (χ1n) is 6.47. The van der Waals surface area contributed by atoms with Crippen molar-refractivity contribution >= 4 is 6.09 Å². The van der Waals surface area contributed by atoms with Gasteiger partial charge in [0.1, 0.15) is 5.60 Å². The number of nitrogens with one attached hydrogen (secondary N) is 1. The van der Waals surface area contributed by atoms with E-state index in [0.29, 0.717) is 12.0 Å². The average molecular weight is 265 g/mol. The molecule has 1 aliphatic carbocycles. The van der Waals surface area contributed by atoms with Crippen LogP contribution in [-0.4, -0.2) is 17.7 Å². The van der Waals surface area contributed by atoms with Crippen molar-refractivity contribution in [1.29, 1.82) is 0 Å². The number of carbonyl (C=O) groups excluding carboxylic acids is 1. The third-order valence-electron chi connectivity index (χ3n) is 3.18. The monoisotopic (exact) mass is 265 g/mol. The number of ether oxygens (including phenoxy) is 1. The molecule has 0 saturated heterocycles. The van der Waals surface area contributed by atoms with Gasteiger partial charge in [-0.15, -0.1) is 0 Å². The minimum Gasteiger partial charge on any atom is -0.444 e. The minimum atomic E-state index is -1.46. The molecule has 2 rings (SSSR count). The molecule has 0 aromatic heterocycles. The molecule has 0 unspecified atom stereocenters. The summed E-state index contributed by atoms with van der Waals surface area (Å²) in [5.41, 5.74) is -0.474. The molecule has 0 heterocycles. The normalized spacial score (nSPS) is 25.8. The highest BCUT2D eigenvalue weighted by Gasteiger charge is 2.58. The second-order valence-electron chi connectivity index (χ2n) is 6.08. The summed E-state index contributed by atoms with van der Waals surface area (Å²) in [7, 11) is 0. The van der Waals surface area contributed by atoms with Crippen molar-refractivity contribution in [3.05, 3.63) is 35.4 Å².